The van der Waals surface area contributed by atoms with Crippen LogP contribution in [0, 0.1) is 18.3 Å². The first-order valence-corrected chi connectivity index (χ1v) is 5.03. The second kappa shape index (κ2) is 5.22. The minimum atomic E-state index is 0.694. The minimum Gasteiger partial charge on any atom is -0.303 e. The molecule has 1 heteroatoms. The maximum absolute atomic E-state index is 5.20. The summed E-state index contributed by atoms with van der Waals surface area (Å²) in [6.07, 6.45) is 12.0. The molecule has 0 bridgehead atoms. The van der Waals surface area contributed by atoms with Crippen LogP contribution < -0.4 is 5.32 Å². The Balaban J connectivity index is 2.22. The van der Waals surface area contributed by atoms with Crippen molar-refractivity contribution in [2.75, 3.05) is 6.54 Å². The molecule has 1 rings (SSSR count). The molecule has 0 spiro atoms. The van der Waals surface area contributed by atoms with Gasteiger partial charge in [-0.25, -0.2) is 0 Å². The van der Waals surface area contributed by atoms with Crippen molar-refractivity contribution < 1.29 is 0 Å². The first-order valence-electron chi connectivity index (χ1n) is 5.03. The minimum absolute atomic E-state index is 0.694. The van der Waals surface area contributed by atoms with Gasteiger partial charge in [0.15, 0.2) is 0 Å². The lowest BCUT2D eigenvalue weighted by molar-refractivity contribution is 0.285. The Kier molecular flexibility index (Phi) is 4.18. The number of hydrogen-bond donors (Lipinski definition) is 1. The summed E-state index contributed by atoms with van der Waals surface area (Å²) in [7, 11) is 0. The molecule has 0 aromatic heterocycles. The van der Waals surface area contributed by atoms with Crippen LogP contribution >= 0.6 is 0 Å². The largest absolute Gasteiger partial charge is 0.303 e. The standard InChI is InChI=1S/C11H19N/c1-3-8-12-11-7-5-6-10(4-2)9-11/h1,10-12H,4-9H2,2H3. The van der Waals surface area contributed by atoms with Crippen LogP contribution in [0.4, 0.5) is 0 Å². The summed E-state index contributed by atoms with van der Waals surface area (Å²) in [4.78, 5) is 0. The van der Waals surface area contributed by atoms with Gasteiger partial charge in [-0.15, -0.1) is 6.42 Å². The highest BCUT2D eigenvalue weighted by Gasteiger charge is 2.19. The lowest BCUT2D eigenvalue weighted by atomic mass is 9.84. The molecule has 0 amide bonds. The van der Waals surface area contributed by atoms with Crippen molar-refractivity contribution in [2.45, 2.75) is 45.1 Å². The van der Waals surface area contributed by atoms with Crippen molar-refractivity contribution in [3.8, 4) is 12.3 Å². The van der Waals surface area contributed by atoms with E-state index in [1.807, 2.05) is 0 Å². The van der Waals surface area contributed by atoms with Crippen LogP contribution in [0.5, 0.6) is 0 Å². The SMILES string of the molecule is C#CCNC1CCCC(CC)C1. The average Bonchev–Trinajstić information content (AvgIpc) is 2.15. The maximum atomic E-state index is 5.20. The third kappa shape index (κ3) is 2.87. The fourth-order valence-corrected chi connectivity index (χ4v) is 2.05. The van der Waals surface area contributed by atoms with Gasteiger partial charge in [-0.1, -0.05) is 32.1 Å². The Morgan fingerprint density at radius 3 is 3.00 bits per heavy atom. The summed E-state index contributed by atoms with van der Waals surface area (Å²) < 4.78 is 0. The monoisotopic (exact) mass is 165 g/mol. The Morgan fingerprint density at radius 2 is 2.33 bits per heavy atom. The van der Waals surface area contributed by atoms with E-state index in [-0.39, 0.29) is 0 Å². The highest BCUT2D eigenvalue weighted by molar-refractivity contribution is 4.89. The molecule has 12 heavy (non-hydrogen) atoms. The van der Waals surface area contributed by atoms with Gasteiger partial charge >= 0.3 is 0 Å². The van der Waals surface area contributed by atoms with Gasteiger partial charge in [-0.2, -0.15) is 0 Å². The van der Waals surface area contributed by atoms with Crippen molar-refractivity contribution in [1.29, 1.82) is 0 Å². The highest BCUT2D eigenvalue weighted by atomic mass is 14.9. The van der Waals surface area contributed by atoms with Gasteiger partial charge in [-0.05, 0) is 18.8 Å². The molecule has 0 saturated heterocycles. The summed E-state index contributed by atoms with van der Waals surface area (Å²) in [5.74, 6) is 3.58. The molecular weight excluding hydrogens is 146 g/mol. The highest BCUT2D eigenvalue weighted by Crippen LogP contribution is 2.26. The molecule has 1 N–H and O–H groups in total. The van der Waals surface area contributed by atoms with Crippen LogP contribution in [0.1, 0.15) is 39.0 Å². The van der Waals surface area contributed by atoms with Crippen molar-refractivity contribution >= 4 is 0 Å². The van der Waals surface area contributed by atoms with Gasteiger partial charge in [0.25, 0.3) is 0 Å². The Morgan fingerprint density at radius 1 is 1.50 bits per heavy atom. The average molecular weight is 165 g/mol. The molecule has 0 aromatic rings. The Hall–Kier alpha value is -0.480. The number of nitrogens with one attached hydrogen (secondary N) is 1. The fraction of sp³-hybridized carbons (Fsp3) is 0.818. The lowest BCUT2D eigenvalue weighted by Crippen LogP contribution is -2.34. The molecule has 0 aromatic carbocycles. The second-order valence-electron chi connectivity index (χ2n) is 3.72. The molecule has 2 atom stereocenters. The molecule has 1 fully saturated rings. The van der Waals surface area contributed by atoms with Crippen LogP contribution in [-0.2, 0) is 0 Å². The molecule has 1 nitrogen and oxygen atoms in total. The molecule has 1 saturated carbocycles. The van der Waals surface area contributed by atoms with Crippen molar-refractivity contribution in [2.24, 2.45) is 5.92 Å². The number of hydrogen-bond acceptors (Lipinski definition) is 1. The van der Waals surface area contributed by atoms with Gasteiger partial charge in [0.05, 0.1) is 6.54 Å². The molecule has 0 radical (unpaired) electrons. The fourth-order valence-electron chi connectivity index (χ4n) is 2.05. The zero-order valence-corrected chi connectivity index (χ0v) is 7.97. The van der Waals surface area contributed by atoms with E-state index in [0.29, 0.717) is 6.04 Å². The van der Waals surface area contributed by atoms with Crippen LogP contribution in [0.15, 0.2) is 0 Å². The van der Waals surface area contributed by atoms with Crippen LogP contribution in [0.3, 0.4) is 0 Å². The van der Waals surface area contributed by atoms with Gasteiger partial charge in [-0.3, -0.25) is 0 Å². The predicted octanol–water partition coefficient (Wildman–Crippen LogP) is 2.18. The summed E-state index contributed by atoms with van der Waals surface area (Å²) in [5, 5.41) is 3.40. The van der Waals surface area contributed by atoms with E-state index in [1.54, 1.807) is 0 Å². The third-order valence-electron chi connectivity index (χ3n) is 2.85. The van der Waals surface area contributed by atoms with Gasteiger partial charge < -0.3 is 5.32 Å². The summed E-state index contributed by atoms with van der Waals surface area (Å²) in [6.45, 7) is 3.02. The van der Waals surface area contributed by atoms with Crippen LogP contribution in [0.25, 0.3) is 0 Å². The maximum Gasteiger partial charge on any atom is 0.0575 e. The van der Waals surface area contributed by atoms with Gasteiger partial charge in [0, 0.05) is 6.04 Å². The van der Waals surface area contributed by atoms with E-state index in [9.17, 15) is 0 Å². The van der Waals surface area contributed by atoms with Crippen molar-refractivity contribution in [1.82, 2.24) is 5.32 Å². The first-order chi connectivity index (χ1) is 5.86. The van der Waals surface area contributed by atoms with E-state index < -0.39 is 0 Å². The van der Waals surface area contributed by atoms with Crippen LogP contribution in [-0.4, -0.2) is 12.6 Å². The van der Waals surface area contributed by atoms with E-state index >= 15 is 0 Å². The second-order valence-corrected chi connectivity index (χ2v) is 3.72. The summed E-state index contributed by atoms with van der Waals surface area (Å²) >= 11 is 0. The van der Waals surface area contributed by atoms with E-state index in [0.717, 1.165) is 12.5 Å². The van der Waals surface area contributed by atoms with Gasteiger partial charge in [0.1, 0.15) is 0 Å². The quantitative estimate of drug-likeness (QED) is 0.632. The van der Waals surface area contributed by atoms with E-state index in [2.05, 4.69) is 18.2 Å². The van der Waals surface area contributed by atoms with E-state index in [1.165, 1.54) is 32.1 Å². The predicted molar refractivity (Wildman–Crippen MR) is 52.9 cm³/mol. The van der Waals surface area contributed by atoms with Crippen LogP contribution in [0.2, 0.25) is 0 Å². The van der Waals surface area contributed by atoms with Crippen molar-refractivity contribution in [3.63, 3.8) is 0 Å². The molecule has 1 aliphatic carbocycles. The molecule has 0 aliphatic heterocycles. The number of rotatable bonds is 3. The zero-order chi connectivity index (χ0) is 8.81. The molecule has 1 aliphatic rings. The third-order valence-corrected chi connectivity index (χ3v) is 2.85. The Bertz CT molecular complexity index is 157. The smallest absolute Gasteiger partial charge is 0.0575 e. The van der Waals surface area contributed by atoms with E-state index in [4.69, 9.17) is 6.42 Å². The lowest BCUT2D eigenvalue weighted by Gasteiger charge is -2.28. The molecule has 68 valence electrons. The molecule has 0 heterocycles. The van der Waals surface area contributed by atoms with Crippen molar-refractivity contribution in [3.05, 3.63) is 0 Å². The topological polar surface area (TPSA) is 12.0 Å². The van der Waals surface area contributed by atoms with Gasteiger partial charge in [0.2, 0.25) is 0 Å². The Labute approximate surface area is 75.9 Å². The molecule has 2 unspecified atom stereocenters. The number of terminal acetylenes is 1. The normalized spacial score (nSPS) is 29.7. The zero-order valence-electron chi connectivity index (χ0n) is 7.97. The molecular formula is C11H19N. The summed E-state index contributed by atoms with van der Waals surface area (Å²) in [5.41, 5.74) is 0. The summed E-state index contributed by atoms with van der Waals surface area (Å²) in [6, 6.07) is 0.694. The first kappa shape index (κ1) is 9.61.